The van der Waals surface area contributed by atoms with Gasteiger partial charge in [0.15, 0.2) is 0 Å². The van der Waals surface area contributed by atoms with Gasteiger partial charge in [0.05, 0.1) is 10.9 Å². The molecule has 3 rings (SSSR count). The second-order valence-corrected chi connectivity index (χ2v) is 7.56. The number of amides is 1. The van der Waals surface area contributed by atoms with E-state index >= 15 is 0 Å². The van der Waals surface area contributed by atoms with Crippen molar-refractivity contribution in [2.24, 2.45) is 0 Å². The highest BCUT2D eigenvalue weighted by Crippen LogP contribution is 2.26. The Labute approximate surface area is 168 Å². The number of carbonyl (C=O) groups is 2. The van der Waals surface area contributed by atoms with E-state index in [1.54, 1.807) is 17.2 Å². The van der Waals surface area contributed by atoms with Gasteiger partial charge >= 0.3 is 18.2 Å². The number of rotatable bonds is 1. The van der Waals surface area contributed by atoms with Crippen molar-refractivity contribution >= 4 is 23.0 Å². The van der Waals surface area contributed by atoms with E-state index in [9.17, 15) is 22.8 Å². The number of carboxylic acid groups (broad SMARTS) is 1. The highest BCUT2D eigenvalue weighted by molar-refractivity contribution is 5.76. The molecule has 1 saturated heterocycles. The van der Waals surface area contributed by atoms with Crippen LogP contribution >= 0.6 is 0 Å². The van der Waals surface area contributed by atoms with E-state index in [1.165, 1.54) is 6.20 Å². The standard InChI is InChI=1S/C16H20N4O3.C2HF3O2/c1-16(2,3)23-15(22)20-7-5-10(9-20)13-18-12-4-6-17-8-11(12)14(21)19-13;3-2(4,5)1(6)7/h4,6,8,10H,5,7,9H2,1-3H3,(H,18,19,21);(H,6,7). The first-order valence-corrected chi connectivity index (χ1v) is 8.90. The first kappa shape index (κ1) is 23.1. The highest BCUT2D eigenvalue weighted by Gasteiger charge is 2.38. The normalized spacial score (nSPS) is 16.7. The van der Waals surface area contributed by atoms with E-state index < -0.39 is 17.7 Å². The molecule has 1 fully saturated rings. The first-order chi connectivity index (χ1) is 13.8. The fraction of sp³-hybridized carbons (Fsp3) is 0.500. The number of nitrogens with one attached hydrogen (secondary N) is 1. The van der Waals surface area contributed by atoms with Crippen LogP contribution in [0.1, 0.15) is 38.9 Å². The van der Waals surface area contributed by atoms with Crippen LogP contribution in [0, 0.1) is 0 Å². The van der Waals surface area contributed by atoms with Gasteiger partial charge in [-0.15, -0.1) is 0 Å². The predicted molar refractivity (Wildman–Crippen MR) is 99.0 cm³/mol. The molecule has 1 amide bonds. The van der Waals surface area contributed by atoms with Gasteiger partial charge in [-0.3, -0.25) is 9.78 Å². The van der Waals surface area contributed by atoms with Gasteiger partial charge in [0.25, 0.3) is 5.56 Å². The predicted octanol–water partition coefficient (Wildman–Crippen LogP) is 2.68. The van der Waals surface area contributed by atoms with Crippen LogP contribution in [-0.2, 0) is 9.53 Å². The lowest BCUT2D eigenvalue weighted by atomic mass is 10.1. The highest BCUT2D eigenvalue weighted by atomic mass is 19.4. The second kappa shape index (κ2) is 8.67. The molecule has 0 aliphatic carbocycles. The summed E-state index contributed by atoms with van der Waals surface area (Å²) in [5, 5.41) is 7.60. The Hall–Kier alpha value is -3.18. The van der Waals surface area contributed by atoms with E-state index in [1.807, 2.05) is 20.8 Å². The zero-order valence-corrected chi connectivity index (χ0v) is 16.5. The smallest absolute Gasteiger partial charge is 0.475 e. The van der Waals surface area contributed by atoms with Gasteiger partial charge in [-0.2, -0.15) is 13.2 Å². The summed E-state index contributed by atoms with van der Waals surface area (Å²) in [5.41, 5.74) is -0.0965. The number of hydrogen-bond donors (Lipinski definition) is 2. The van der Waals surface area contributed by atoms with Gasteiger partial charge in [-0.05, 0) is 33.3 Å². The lowest BCUT2D eigenvalue weighted by Gasteiger charge is -2.24. The van der Waals surface area contributed by atoms with Crippen molar-refractivity contribution in [2.45, 2.75) is 44.9 Å². The summed E-state index contributed by atoms with van der Waals surface area (Å²) in [6.07, 6.45) is -1.54. The monoisotopic (exact) mass is 430 g/mol. The van der Waals surface area contributed by atoms with Crippen LogP contribution in [0.2, 0.25) is 0 Å². The number of carbonyl (C=O) groups excluding carboxylic acids is 1. The molecule has 0 aromatic carbocycles. The number of H-pyrrole nitrogens is 1. The molecule has 0 radical (unpaired) electrons. The van der Waals surface area contributed by atoms with Gasteiger partial charge in [-0.25, -0.2) is 14.6 Å². The van der Waals surface area contributed by atoms with Gasteiger partial charge in [0.1, 0.15) is 11.4 Å². The number of carboxylic acids is 1. The molecule has 0 saturated carbocycles. The van der Waals surface area contributed by atoms with Crippen LogP contribution in [0.5, 0.6) is 0 Å². The zero-order chi connectivity index (χ0) is 22.7. The molecule has 9 nitrogen and oxygen atoms in total. The van der Waals surface area contributed by atoms with Crippen molar-refractivity contribution in [2.75, 3.05) is 13.1 Å². The molecule has 1 atom stereocenters. The molecule has 12 heteroatoms. The van der Waals surface area contributed by atoms with Crippen LogP contribution in [0.3, 0.4) is 0 Å². The van der Waals surface area contributed by atoms with Crippen molar-refractivity contribution in [3.8, 4) is 0 Å². The lowest BCUT2D eigenvalue weighted by Crippen LogP contribution is -2.35. The number of aromatic amines is 1. The summed E-state index contributed by atoms with van der Waals surface area (Å²) in [6, 6.07) is 1.72. The van der Waals surface area contributed by atoms with E-state index in [2.05, 4.69) is 15.0 Å². The maximum absolute atomic E-state index is 12.1. The fourth-order valence-electron chi connectivity index (χ4n) is 2.67. The Balaban J connectivity index is 0.000000396. The molecule has 1 aliphatic rings. The number of likely N-dealkylation sites (tertiary alicyclic amines) is 1. The Morgan fingerprint density at radius 2 is 1.93 bits per heavy atom. The topological polar surface area (TPSA) is 125 Å². The van der Waals surface area contributed by atoms with E-state index in [4.69, 9.17) is 14.6 Å². The third kappa shape index (κ3) is 6.16. The quantitative estimate of drug-likeness (QED) is 0.712. The summed E-state index contributed by atoms with van der Waals surface area (Å²) in [7, 11) is 0. The molecule has 1 unspecified atom stereocenters. The number of ether oxygens (including phenoxy) is 1. The lowest BCUT2D eigenvalue weighted by molar-refractivity contribution is -0.192. The zero-order valence-electron chi connectivity index (χ0n) is 16.5. The Bertz CT molecular complexity index is 984. The van der Waals surface area contributed by atoms with Crippen molar-refractivity contribution in [3.05, 3.63) is 34.6 Å². The molecular weight excluding hydrogens is 409 g/mol. The van der Waals surface area contributed by atoms with Crippen LogP contribution < -0.4 is 5.56 Å². The molecule has 2 N–H and O–H groups in total. The number of nitrogens with zero attached hydrogens (tertiary/aromatic N) is 3. The van der Waals surface area contributed by atoms with Crippen molar-refractivity contribution in [1.82, 2.24) is 19.9 Å². The molecule has 30 heavy (non-hydrogen) atoms. The molecule has 1 aliphatic heterocycles. The van der Waals surface area contributed by atoms with E-state index in [-0.39, 0.29) is 17.6 Å². The van der Waals surface area contributed by atoms with Crippen LogP contribution in [0.15, 0.2) is 23.3 Å². The molecule has 2 aromatic heterocycles. The van der Waals surface area contributed by atoms with Crippen molar-refractivity contribution in [3.63, 3.8) is 0 Å². The molecule has 0 spiro atoms. The van der Waals surface area contributed by atoms with Gasteiger partial charge in [-0.1, -0.05) is 0 Å². The van der Waals surface area contributed by atoms with E-state index in [0.29, 0.717) is 29.8 Å². The Morgan fingerprint density at radius 3 is 2.50 bits per heavy atom. The summed E-state index contributed by atoms with van der Waals surface area (Å²) in [6.45, 7) is 6.62. The maximum Gasteiger partial charge on any atom is 0.490 e. The summed E-state index contributed by atoms with van der Waals surface area (Å²) < 4.78 is 37.1. The van der Waals surface area contributed by atoms with Crippen LogP contribution in [0.4, 0.5) is 18.0 Å². The van der Waals surface area contributed by atoms with Crippen molar-refractivity contribution < 1.29 is 32.6 Å². The number of aliphatic carboxylic acids is 1. The van der Waals surface area contributed by atoms with Gasteiger partial charge in [0, 0.05) is 31.4 Å². The van der Waals surface area contributed by atoms with Crippen molar-refractivity contribution in [1.29, 1.82) is 0 Å². The number of alkyl halides is 3. The van der Waals surface area contributed by atoms with Gasteiger partial charge in [0.2, 0.25) is 0 Å². The largest absolute Gasteiger partial charge is 0.490 e. The van der Waals surface area contributed by atoms with E-state index in [0.717, 1.165) is 6.42 Å². The third-order valence-corrected chi connectivity index (χ3v) is 3.99. The molecule has 3 heterocycles. The average molecular weight is 430 g/mol. The number of halogens is 3. The molecular formula is C18H21F3N4O5. The minimum atomic E-state index is -5.08. The van der Waals surface area contributed by atoms with Crippen LogP contribution in [-0.4, -0.2) is 61.9 Å². The summed E-state index contributed by atoms with van der Waals surface area (Å²) >= 11 is 0. The maximum atomic E-state index is 12.1. The molecule has 0 bridgehead atoms. The minimum Gasteiger partial charge on any atom is -0.475 e. The Morgan fingerprint density at radius 1 is 1.30 bits per heavy atom. The van der Waals surface area contributed by atoms with Gasteiger partial charge < -0.3 is 19.7 Å². The van der Waals surface area contributed by atoms with Crippen LogP contribution in [0.25, 0.3) is 10.9 Å². The third-order valence-electron chi connectivity index (χ3n) is 3.99. The number of fused-ring (bicyclic) bond motifs is 1. The summed E-state index contributed by atoms with van der Waals surface area (Å²) in [4.78, 5) is 46.1. The first-order valence-electron chi connectivity index (χ1n) is 8.90. The molecule has 164 valence electrons. The minimum absolute atomic E-state index is 0.00721. The number of aromatic nitrogens is 3. The summed E-state index contributed by atoms with van der Waals surface area (Å²) in [5.74, 6) is -2.14. The molecule has 2 aromatic rings. The fourth-order valence-corrected chi connectivity index (χ4v) is 2.67. The SMILES string of the molecule is CC(C)(C)OC(=O)N1CCC(c2nc3ccncc3c(=O)[nH]2)C1.O=C(O)C(F)(F)F. The second-order valence-electron chi connectivity index (χ2n) is 7.56. The average Bonchev–Trinajstić information content (AvgIpc) is 3.10. The number of hydrogen-bond acceptors (Lipinski definition) is 6. The Kier molecular flexibility index (Phi) is 6.68. The number of pyridine rings is 1.